The molecule has 0 N–H and O–H groups in total. The largest absolute Gasteiger partial charge is 0.377 e. The van der Waals surface area contributed by atoms with Crippen LogP contribution in [0.3, 0.4) is 0 Å². The van der Waals surface area contributed by atoms with Gasteiger partial charge in [0.15, 0.2) is 0 Å². The smallest absolute Gasteiger partial charge is 0.0995 e. The standard InChI is InChI=1S/C15H20N2O/c1-2-17(12-15-8-5-9-18-15)11-14-7-4-3-6-13(14)10-16/h3-4,6-7,15H,2,5,8-9,11-12H2,1H3/t15-/m0/s1. The van der Waals surface area contributed by atoms with Gasteiger partial charge in [0.25, 0.3) is 0 Å². The summed E-state index contributed by atoms with van der Waals surface area (Å²) in [6, 6.07) is 10.1. The Hall–Kier alpha value is -1.37. The molecule has 3 nitrogen and oxygen atoms in total. The number of benzene rings is 1. The molecular weight excluding hydrogens is 224 g/mol. The van der Waals surface area contributed by atoms with E-state index in [0.29, 0.717) is 6.10 Å². The van der Waals surface area contributed by atoms with Gasteiger partial charge in [0.2, 0.25) is 0 Å². The normalized spacial score (nSPS) is 19.1. The highest BCUT2D eigenvalue weighted by molar-refractivity contribution is 5.37. The van der Waals surface area contributed by atoms with Gasteiger partial charge in [0.1, 0.15) is 0 Å². The number of hydrogen-bond donors (Lipinski definition) is 0. The van der Waals surface area contributed by atoms with Gasteiger partial charge in [-0.05, 0) is 31.0 Å². The maximum absolute atomic E-state index is 9.10. The maximum atomic E-state index is 9.10. The Bertz CT molecular complexity index is 419. The second-order valence-electron chi connectivity index (χ2n) is 4.73. The molecule has 0 spiro atoms. The van der Waals surface area contributed by atoms with Crippen LogP contribution in [-0.4, -0.2) is 30.7 Å². The van der Waals surface area contributed by atoms with E-state index in [2.05, 4.69) is 17.9 Å². The van der Waals surface area contributed by atoms with E-state index in [-0.39, 0.29) is 0 Å². The van der Waals surface area contributed by atoms with E-state index in [1.807, 2.05) is 24.3 Å². The first-order valence-corrected chi connectivity index (χ1v) is 6.65. The number of nitrogens with zero attached hydrogens (tertiary/aromatic N) is 2. The molecule has 0 saturated carbocycles. The summed E-state index contributed by atoms with van der Waals surface area (Å²) in [7, 11) is 0. The molecule has 1 atom stereocenters. The average molecular weight is 244 g/mol. The fourth-order valence-corrected chi connectivity index (χ4v) is 2.39. The third-order valence-electron chi connectivity index (χ3n) is 3.46. The number of hydrogen-bond acceptors (Lipinski definition) is 3. The van der Waals surface area contributed by atoms with Crippen LogP contribution in [0.5, 0.6) is 0 Å². The summed E-state index contributed by atoms with van der Waals surface area (Å²) in [6.07, 6.45) is 2.71. The minimum absolute atomic E-state index is 0.374. The highest BCUT2D eigenvalue weighted by Crippen LogP contribution is 2.16. The van der Waals surface area contributed by atoms with Crippen molar-refractivity contribution in [1.82, 2.24) is 4.90 Å². The van der Waals surface area contributed by atoms with Crippen LogP contribution < -0.4 is 0 Å². The molecule has 1 aliphatic heterocycles. The van der Waals surface area contributed by atoms with E-state index in [9.17, 15) is 0 Å². The fraction of sp³-hybridized carbons (Fsp3) is 0.533. The minimum atomic E-state index is 0.374. The van der Waals surface area contributed by atoms with Crippen molar-refractivity contribution in [3.05, 3.63) is 35.4 Å². The van der Waals surface area contributed by atoms with E-state index in [1.165, 1.54) is 6.42 Å². The number of likely N-dealkylation sites (N-methyl/N-ethyl adjacent to an activating group) is 1. The summed E-state index contributed by atoms with van der Waals surface area (Å²) in [5.74, 6) is 0. The van der Waals surface area contributed by atoms with Gasteiger partial charge in [0.05, 0.1) is 17.7 Å². The van der Waals surface area contributed by atoms with Crippen LogP contribution in [0.25, 0.3) is 0 Å². The molecule has 96 valence electrons. The van der Waals surface area contributed by atoms with Crippen LogP contribution in [0.2, 0.25) is 0 Å². The molecule has 1 fully saturated rings. The molecule has 0 radical (unpaired) electrons. The first-order valence-electron chi connectivity index (χ1n) is 6.65. The lowest BCUT2D eigenvalue weighted by atomic mass is 10.1. The van der Waals surface area contributed by atoms with E-state index in [4.69, 9.17) is 10.00 Å². The van der Waals surface area contributed by atoms with Crippen LogP contribution in [0.1, 0.15) is 30.9 Å². The molecule has 0 unspecified atom stereocenters. The van der Waals surface area contributed by atoms with Gasteiger partial charge in [-0.15, -0.1) is 0 Å². The van der Waals surface area contributed by atoms with Gasteiger partial charge in [-0.1, -0.05) is 25.1 Å². The quantitative estimate of drug-likeness (QED) is 0.798. The lowest BCUT2D eigenvalue weighted by Crippen LogP contribution is -2.31. The SMILES string of the molecule is CCN(Cc1ccccc1C#N)C[C@@H]1CCCO1. The van der Waals surface area contributed by atoms with Crippen LogP contribution in [0.15, 0.2) is 24.3 Å². The van der Waals surface area contributed by atoms with Crippen molar-refractivity contribution < 1.29 is 4.74 Å². The highest BCUT2D eigenvalue weighted by atomic mass is 16.5. The molecule has 18 heavy (non-hydrogen) atoms. The van der Waals surface area contributed by atoms with Crippen LogP contribution in [0, 0.1) is 11.3 Å². The summed E-state index contributed by atoms with van der Waals surface area (Å²) in [5, 5.41) is 9.10. The minimum Gasteiger partial charge on any atom is -0.377 e. The van der Waals surface area contributed by atoms with Crippen molar-refractivity contribution in [2.75, 3.05) is 19.7 Å². The highest BCUT2D eigenvalue weighted by Gasteiger charge is 2.18. The summed E-state index contributed by atoms with van der Waals surface area (Å²) in [4.78, 5) is 2.35. The second kappa shape index (κ2) is 6.53. The second-order valence-corrected chi connectivity index (χ2v) is 4.73. The van der Waals surface area contributed by atoms with Crippen LogP contribution in [-0.2, 0) is 11.3 Å². The third-order valence-corrected chi connectivity index (χ3v) is 3.46. The van der Waals surface area contributed by atoms with Crippen molar-refractivity contribution in [2.24, 2.45) is 0 Å². The molecule has 1 aliphatic rings. The Kier molecular flexibility index (Phi) is 4.74. The Balaban J connectivity index is 1.98. The Morgan fingerprint density at radius 3 is 2.94 bits per heavy atom. The zero-order valence-corrected chi connectivity index (χ0v) is 10.9. The van der Waals surface area contributed by atoms with Gasteiger partial charge in [-0.2, -0.15) is 5.26 Å². The molecule has 0 aliphatic carbocycles. The van der Waals surface area contributed by atoms with E-state index in [1.54, 1.807) is 0 Å². The van der Waals surface area contributed by atoms with Crippen molar-refractivity contribution in [3.63, 3.8) is 0 Å². The predicted octanol–water partition coefficient (Wildman–Crippen LogP) is 2.56. The Labute approximate surface area is 109 Å². The first kappa shape index (κ1) is 13.1. The predicted molar refractivity (Wildman–Crippen MR) is 71.1 cm³/mol. The topological polar surface area (TPSA) is 36.3 Å². The van der Waals surface area contributed by atoms with E-state index < -0.39 is 0 Å². The molecule has 1 aromatic rings. The molecular formula is C15H20N2O. The lowest BCUT2D eigenvalue weighted by molar-refractivity contribution is 0.0724. The third kappa shape index (κ3) is 3.32. The molecule has 0 bridgehead atoms. The van der Waals surface area contributed by atoms with Gasteiger partial charge in [-0.25, -0.2) is 0 Å². The molecule has 2 rings (SSSR count). The molecule has 3 heteroatoms. The van der Waals surface area contributed by atoms with Gasteiger partial charge in [0, 0.05) is 19.7 Å². The summed E-state index contributed by atoms with van der Waals surface area (Å²) in [5.41, 5.74) is 1.89. The van der Waals surface area contributed by atoms with Crippen molar-refractivity contribution in [3.8, 4) is 6.07 Å². The lowest BCUT2D eigenvalue weighted by Gasteiger charge is -2.24. The average Bonchev–Trinajstić information content (AvgIpc) is 2.91. The molecule has 1 aromatic carbocycles. The van der Waals surface area contributed by atoms with Crippen LogP contribution >= 0.6 is 0 Å². The Morgan fingerprint density at radius 2 is 2.28 bits per heavy atom. The summed E-state index contributed by atoms with van der Waals surface area (Å²) < 4.78 is 5.67. The number of ether oxygens (including phenoxy) is 1. The zero-order chi connectivity index (χ0) is 12.8. The fourth-order valence-electron chi connectivity index (χ4n) is 2.39. The van der Waals surface area contributed by atoms with Crippen molar-refractivity contribution in [2.45, 2.75) is 32.4 Å². The van der Waals surface area contributed by atoms with E-state index in [0.717, 1.165) is 43.8 Å². The van der Waals surface area contributed by atoms with Gasteiger partial charge in [-0.3, -0.25) is 4.90 Å². The first-order chi connectivity index (χ1) is 8.83. The maximum Gasteiger partial charge on any atom is 0.0995 e. The molecule has 0 aromatic heterocycles. The zero-order valence-electron chi connectivity index (χ0n) is 10.9. The van der Waals surface area contributed by atoms with Crippen LogP contribution in [0.4, 0.5) is 0 Å². The summed E-state index contributed by atoms with van der Waals surface area (Å²) in [6.45, 7) is 5.84. The molecule has 0 amide bonds. The monoisotopic (exact) mass is 244 g/mol. The molecule has 1 heterocycles. The van der Waals surface area contributed by atoms with Crippen molar-refractivity contribution in [1.29, 1.82) is 5.26 Å². The van der Waals surface area contributed by atoms with E-state index >= 15 is 0 Å². The number of nitriles is 1. The van der Waals surface area contributed by atoms with Crippen molar-refractivity contribution >= 4 is 0 Å². The molecule has 1 saturated heterocycles. The van der Waals surface area contributed by atoms with Gasteiger partial charge >= 0.3 is 0 Å². The number of rotatable bonds is 5. The summed E-state index contributed by atoms with van der Waals surface area (Å²) >= 11 is 0. The van der Waals surface area contributed by atoms with Gasteiger partial charge < -0.3 is 4.74 Å². The Morgan fingerprint density at radius 1 is 1.44 bits per heavy atom.